The van der Waals surface area contributed by atoms with Crippen LogP contribution in [0.25, 0.3) is 0 Å². The number of carbonyl (C=O) groups is 1. The fourth-order valence-electron chi connectivity index (χ4n) is 1.98. The summed E-state index contributed by atoms with van der Waals surface area (Å²) >= 11 is 0. The Hall–Kier alpha value is -2.14. The number of fused-ring (bicyclic) bond motifs is 2. The Labute approximate surface area is 106 Å². The average Bonchev–Trinajstić information content (AvgIpc) is 2.38. The molecule has 0 saturated heterocycles. The maximum atomic E-state index is 12.4. The molecule has 0 fully saturated rings. The Morgan fingerprint density at radius 3 is 2.56 bits per heavy atom. The minimum Gasteiger partial charge on any atom is -0.478 e. The third-order valence-electron chi connectivity index (χ3n) is 2.80. The Bertz CT molecular complexity index is 682. The van der Waals surface area contributed by atoms with E-state index < -0.39 is 16.8 Å². The molecule has 3 rings (SSSR count). The first-order chi connectivity index (χ1) is 8.68. The van der Waals surface area contributed by atoms with Crippen LogP contribution in [0.2, 0.25) is 0 Å². The number of aromatic carboxylic acids is 1. The molecule has 0 radical (unpaired) electrons. The van der Waals surface area contributed by atoms with E-state index in [2.05, 4.69) is 5.32 Å². The zero-order valence-corrected chi connectivity index (χ0v) is 10.0. The van der Waals surface area contributed by atoms with E-state index in [1.807, 2.05) is 12.1 Å². The van der Waals surface area contributed by atoms with E-state index in [1.54, 1.807) is 24.3 Å². The number of nitrogens with one attached hydrogen (secondary N) is 1. The fraction of sp³-hybridized carbons (Fsp3) is 0. The van der Waals surface area contributed by atoms with Gasteiger partial charge in [-0.3, -0.25) is 0 Å². The monoisotopic (exact) mass is 259 g/mol. The van der Waals surface area contributed by atoms with Crippen molar-refractivity contribution in [3.8, 4) is 0 Å². The van der Waals surface area contributed by atoms with Crippen molar-refractivity contribution in [2.45, 2.75) is 9.79 Å². The Balaban J connectivity index is 2.25. The summed E-state index contributed by atoms with van der Waals surface area (Å²) in [6, 6.07) is 12.0. The number of carboxylic acid groups (broad SMARTS) is 1. The van der Waals surface area contributed by atoms with Crippen LogP contribution in [-0.4, -0.2) is 15.3 Å². The minimum absolute atomic E-state index is 0.135. The molecule has 1 atom stereocenters. The topological polar surface area (TPSA) is 66.4 Å². The van der Waals surface area contributed by atoms with Crippen molar-refractivity contribution < 1.29 is 14.1 Å². The molecule has 0 saturated carbocycles. The molecule has 0 aliphatic carbocycles. The fourth-order valence-corrected chi connectivity index (χ4v) is 3.28. The molecule has 2 N–H and O–H groups in total. The number of rotatable bonds is 1. The molecule has 18 heavy (non-hydrogen) atoms. The predicted octanol–water partition coefficient (Wildman–Crippen LogP) is 2.61. The molecule has 4 nitrogen and oxygen atoms in total. The number of para-hydroxylation sites is 2. The summed E-state index contributed by atoms with van der Waals surface area (Å²) in [5, 5.41) is 12.2. The zero-order chi connectivity index (χ0) is 12.7. The molecule has 2 aromatic rings. The van der Waals surface area contributed by atoms with Gasteiger partial charge in [-0.15, -0.1) is 0 Å². The lowest BCUT2D eigenvalue weighted by atomic mass is 10.1. The highest BCUT2D eigenvalue weighted by molar-refractivity contribution is 7.85. The summed E-state index contributed by atoms with van der Waals surface area (Å²) in [7, 11) is -1.34. The van der Waals surface area contributed by atoms with Crippen LogP contribution in [0.5, 0.6) is 0 Å². The van der Waals surface area contributed by atoms with Gasteiger partial charge >= 0.3 is 5.97 Å². The van der Waals surface area contributed by atoms with E-state index in [-0.39, 0.29) is 5.56 Å². The Morgan fingerprint density at radius 1 is 1.06 bits per heavy atom. The van der Waals surface area contributed by atoms with E-state index >= 15 is 0 Å². The molecule has 0 aromatic heterocycles. The van der Waals surface area contributed by atoms with Crippen LogP contribution in [0.3, 0.4) is 0 Å². The van der Waals surface area contributed by atoms with Gasteiger partial charge in [0.05, 0.1) is 37.5 Å². The van der Waals surface area contributed by atoms with Crippen molar-refractivity contribution in [1.29, 1.82) is 0 Å². The minimum atomic E-state index is -1.34. The molecule has 0 amide bonds. The lowest BCUT2D eigenvalue weighted by molar-refractivity contribution is 0.0698. The lowest BCUT2D eigenvalue weighted by Crippen LogP contribution is -2.12. The average molecular weight is 259 g/mol. The van der Waals surface area contributed by atoms with E-state index in [0.717, 1.165) is 0 Å². The summed E-state index contributed by atoms with van der Waals surface area (Å²) in [6.45, 7) is 0. The lowest BCUT2D eigenvalue weighted by Gasteiger charge is -2.21. The van der Waals surface area contributed by atoms with Crippen molar-refractivity contribution in [3.63, 3.8) is 0 Å². The standard InChI is InChI=1S/C13H9NO3S/c15-13(16)8-4-3-7-11-12(8)14-9-5-1-2-6-10(9)18(11)17/h1-7,14H,(H,15,16). The van der Waals surface area contributed by atoms with Crippen molar-refractivity contribution in [2.24, 2.45) is 0 Å². The molecule has 5 heteroatoms. The second kappa shape index (κ2) is 3.96. The molecular weight excluding hydrogens is 250 g/mol. The smallest absolute Gasteiger partial charge is 0.337 e. The van der Waals surface area contributed by atoms with Gasteiger partial charge in [0, 0.05) is 0 Å². The highest BCUT2D eigenvalue weighted by Crippen LogP contribution is 2.38. The summed E-state index contributed by atoms with van der Waals surface area (Å²) < 4.78 is 12.4. The van der Waals surface area contributed by atoms with Crippen LogP contribution in [0.1, 0.15) is 10.4 Å². The summed E-state index contributed by atoms with van der Waals surface area (Å²) in [6.07, 6.45) is 0. The van der Waals surface area contributed by atoms with E-state index in [1.165, 1.54) is 6.07 Å². The number of anilines is 2. The Morgan fingerprint density at radius 2 is 1.78 bits per heavy atom. The van der Waals surface area contributed by atoms with Crippen LogP contribution >= 0.6 is 0 Å². The molecule has 1 aliphatic heterocycles. The van der Waals surface area contributed by atoms with Crippen LogP contribution in [0, 0.1) is 0 Å². The third-order valence-corrected chi connectivity index (χ3v) is 4.30. The quantitative estimate of drug-likeness (QED) is 0.705. The number of hydrogen-bond acceptors (Lipinski definition) is 3. The number of benzene rings is 2. The molecule has 0 bridgehead atoms. The normalized spacial score (nSPS) is 16.3. The first kappa shape index (κ1) is 11.0. The molecule has 1 aliphatic rings. The maximum Gasteiger partial charge on any atom is 0.337 e. The largest absolute Gasteiger partial charge is 0.478 e. The van der Waals surface area contributed by atoms with Crippen LogP contribution in [0.4, 0.5) is 11.4 Å². The molecule has 0 spiro atoms. The molecular formula is C13H9NO3S. The number of carboxylic acids is 1. The van der Waals surface area contributed by atoms with Crippen LogP contribution in [-0.2, 0) is 10.8 Å². The first-order valence-corrected chi connectivity index (χ1v) is 6.47. The number of hydrogen-bond donors (Lipinski definition) is 2. The van der Waals surface area contributed by atoms with E-state index in [0.29, 0.717) is 21.2 Å². The van der Waals surface area contributed by atoms with Crippen LogP contribution < -0.4 is 5.32 Å². The van der Waals surface area contributed by atoms with Gasteiger partial charge in [0.15, 0.2) is 0 Å². The van der Waals surface area contributed by atoms with Gasteiger partial charge in [-0.2, -0.15) is 0 Å². The predicted molar refractivity (Wildman–Crippen MR) is 67.8 cm³/mol. The highest BCUT2D eigenvalue weighted by atomic mass is 32.2. The second-order valence-electron chi connectivity index (χ2n) is 3.87. The van der Waals surface area contributed by atoms with Crippen molar-refractivity contribution in [2.75, 3.05) is 5.32 Å². The van der Waals surface area contributed by atoms with Crippen molar-refractivity contribution >= 4 is 28.1 Å². The molecule has 1 unspecified atom stereocenters. The highest BCUT2D eigenvalue weighted by Gasteiger charge is 2.25. The SMILES string of the molecule is O=C(O)c1cccc2c1Nc1ccccc1S2=O. The van der Waals surface area contributed by atoms with Crippen molar-refractivity contribution in [3.05, 3.63) is 48.0 Å². The summed E-state index contributed by atoms with van der Waals surface area (Å²) in [5.74, 6) is -1.03. The van der Waals surface area contributed by atoms with Gasteiger partial charge in [-0.05, 0) is 24.3 Å². The zero-order valence-electron chi connectivity index (χ0n) is 9.21. The van der Waals surface area contributed by atoms with Gasteiger partial charge in [-0.25, -0.2) is 9.00 Å². The summed E-state index contributed by atoms with van der Waals surface area (Å²) in [5.41, 5.74) is 1.24. The van der Waals surface area contributed by atoms with Gasteiger partial charge in [0.25, 0.3) is 0 Å². The van der Waals surface area contributed by atoms with E-state index in [4.69, 9.17) is 5.11 Å². The van der Waals surface area contributed by atoms with Gasteiger partial charge in [0.2, 0.25) is 0 Å². The van der Waals surface area contributed by atoms with Gasteiger partial charge in [-0.1, -0.05) is 18.2 Å². The van der Waals surface area contributed by atoms with Crippen molar-refractivity contribution in [1.82, 2.24) is 0 Å². The maximum absolute atomic E-state index is 12.4. The molecule has 90 valence electrons. The van der Waals surface area contributed by atoms with Crippen LogP contribution in [0.15, 0.2) is 52.3 Å². The third kappa shape index (κ3) is 1.52. The van der Waals surface area contributed by atoms with Gasteiger partial charge < -0.3 is 10.4 Å². The first-order valence-electron chi connectivity index (χ1n) is 5.32. The molecule has 1 heterocycles. The summed E-state index contributed by atoms with van der Waals surface area (Å²) in [4.78, 5) is 12.3. The molecule has 2 aromatic carbocycles. The van der Waals surface area contributed by atoms with Gasteiger partial charge in [0.1, 0.15) is 0 Å². The second-order valence-corrected chi connectivity index (χ2v) is 5.29. The van der Waals surface area contributed by atoms with E-state index in [9.17, 15) is 9.00 Å². The Kier molecular flexibility index (Phi) is 2.41.